The maximum Gasteiger partial charge on any atom is 0.271 e. The van der Waals surface area contributed by atoms with Gasteiger partial charge in [0.05, 0.1) is 18.3 Å². The standard InChI is InChI=1S/C27H36N4O7S/c1-19-10-12-21(13-11-19)17-29(20(2)27(33)28-22-8-6-5-7-9-22)26(32)18-30(39(4,36)37)24-16-23(31(34)35)14-15-25(24)38-3/h10-16,20,22H,5-9,17-18H2,1-4H3,(H,28,33). The fourth-order valence-electron chi connectivity index (χ4n) is 4.62. The smallest absolute Gasteiger partial charge is 0.271 e. The molecule has 0 saturated heterocycles. The number of hydrogen-bond acceptors (Lipinski definition) is 7. The van der Waals surface area contributed by atoms with E-state index in [9.17, 15) is 28.1 Å². The summed E-state index contributed by atoms with van der Waals surface area (Å²) >= 11 is 0. The van der Waals surface area contributed by atoms with Gasteiger partial charge >= 0.3 is 0 Å². The molecule has 2 amide bonds. The monoisotopic (exact) mass is 560 g/mol. The molecule has 0 bridgehead atoms. The number of nitrogens with one attached hydrogen (secondary N) is 1. The molecular formula is C27H36N4O7S. The molecule has 1 saturated carbocycles. The number of sulfonamides is 1. The topological polar surface area (TPSA) is 139 Å². The van der Waals surface area contributed by atoms with Crippen molar-refractivity contribution in [1.82, 2.24) is 10.2 Å². The number of nitro benzene ring substituents is 1. The van der Waals surface area contributed by atoms with Gasteiger partial charge in [-0.25, -0.2) is 8.42 Å². The Bertz CT molecular complexity index is 1290. The number of benzene rings is 2. The minimum atomic E-state index is -4.09. The third-order valence-corrected chi connectivity index (χ3v) is 8.04. The van der Waals surface area contributed by atoms with Crippen LogP contribution in [0.2, 0.25) is 0 Å². The fourth-order valence-corrected chi connectivity index (χ4v) is 5.47. The van der Waals surface area contributed by atoms with Crippen LogP contribution in [0.5, 0.6) is 5.75 Å². The summed E-state index contributed by atoms with van der Waals surface area (Å²) in [6.45, 7) is 2.94. The molecular weight excluding hydrogens is 524 g/mol. The first-order valence-electron chi connectivity index (χ1n) is 12.9. The lowest BCUT2D eigenvalue weighted by atomic mass is 9.95. The van der Waals surface area contributed by atoms with Crippen molar-refractivity contribution in [1.29, 1.82) is 0 Å². The highest BCUT2D eigenvalue weighted by Crippen LogP contribution is 2.34. The lowest BCUT2D eigenvalue weighted by Gasteiger charge is -2.33. The Balaban J connectivity index is 1.95. The number of rotatable bonds is 11. The Hall–Kier alpha value is -3.67. The molecule has 0 heterocycles. The zero-order valence-electron chi connectivity index (χ0n) is 22.8. The van der Waals surface area contributed by atoms with Gasteiger partial charge in [-0.3, -0.25) is 24.0 Å². The normalized spacial score (nSPS) is 14.8. The number of non-ortho nitro benzene ring substituents is 1. The van der Waals surface area contributed by atoms with Crippen LogP contribution in [-0.2, 0) is 26.2 Å². The van der Waals surface area contributed by atoms with Crippen LogP contribution in [0.4, 0.5) is 11.4 Å². The first-order chi connectivity index (χ1) is 18.4. The number of ether oxygens (including phenoxy) is 1. The second-order valence-electron chi connectivity index (χ2n) is 9.91. The summed E-state index contributed by atoms with van der Waals surface area (Å²) in [4.78, 5) is 39.1. The molecule has 0 spiro atoms. The van der Waals surface area contributed by atoms with Crippen molar-refractivity contribution in [3.05, 3.63) is 63.7 Å². The molecule has 1 aliphatic rings. The summed E-state index contributed by atoms with van der Waals surface area (Å²) in [5.74, 6) is -0.908. The van der Waals surface area contributed by atoms with Gasteiger partial charge < -0.3 is 15.0 Å². The van der Waals surface area contributed by atoms with E-state index in [-0.39, 0.29) is 35.6 Å². The summed E-state index contributed by atoms with van der Waals surface area (Å²) in [5, 5.41) is 14.4. The van der Waals surface area contributed by atoms with Crippen molar-refractivity contribution in [3.8, 4) is 5.75 Å². The van der Waals surface area contributed by atoms with E-state index in [1.54, 1.807) is 6.92 Å². The first-order valence-corrected chi connectivity index (χ1v) is 14.7. The summed E-state index contributed by atoms with van der Waals surface area (Å²) < 4.78 is 31.7. The number of methoxy groups -OCH3 is 1. The minimum absolute atomic E-state index is 0.0340. The van der Waals surface area contributed by atoms with E-state index in [1.807, 2.05) is 31.2 Å². The highest BCUT2D eigenvalue weighted by atomic mass is 32.2. The number of carbonyl (C=O) groups is 2. The average molecular weight is 561 g/mol. The Labute approximate surface area is 229 Å². The molecule has 0 radical (unpaired) electrons. The second kappa shape index (κ2) is 12.9. The van der Waals surface area contributed by atoms with Crippen LogP contribution in [0, 0.1) is 17.0 Å². The number of nitro groups is 1. The maximum absolute atomic E-state index is 13.8. The molecule has 2 aromatic carbocycles. The van der Waals surface area contributed by atoms with Gasteiger partial charge in [-0.1, -0.05) is 49.1 Å². The van der Waals surface area contributed by atoms with Gasteiger partial charge in [-0.15, -0.1) is 0 Å². The molecule has 1 aliphatic carbocycles. The fraction of sp³-hybridized carbons (Fsp3) is 0.481. The molecule has 3 rings (SSSR count). The third kappa shape index (κ3) is 7.92. The van der Waals surface area contributed by atoms with Gasteiger partial charge in [0.15, 0.2) is 0 Å². The van der Waals surface area contributed by atoms with Gasteiger partial charge in [-0.2, -0.15) is 0 Å². The van der Waals surface area contributed by atoms with Crippen molar-refractivity contribution < 1.29 is 27.7 Å². The highest BCUT2D eigenvalue weighted by Gasteiger charge is 2.32. The summed E-state index contributed by atoms with van der Waals surface area (Å²) in [6, 6.07) is 10.1. The lowest BCUT2D eigenvalue weighted by Crippen LogP contribution is -2.53. The van der Waals surface area contributed by atoms with E-state index >= 15 is 0 Å². The molecule has 212 valence electrons. The van der Waals surface area contributed by atoms with Crippen molar-refractivity contribution in [3.63, 3.8) is 0 Å². The van der Waals surface area contributed by atoms with E-state index < -0.39 is 33.4 Å². The molecule has 1 atom stereocenters. The van der Waals surface area contributed by atoms with Crippen LogP contribution in [-0.4, -0.2) is 62.0 Å². The van der Waals surface area contributed by atoms with Crippen molar-refractivity contribution in [2.45, 2.75) is 64.6 Å². The van der Waals surface area contributed by atoms with Gasteiger partial charge in [0, 0.05) is 24.7 Å². The SMILES string of the molecule is COc1ccc([N+](=O)[O-])cc1N(CC(=O)N(Cc1ccc(C)cc1)C(C)C(=O)NC1CCCCC1)S(C)(=O)=O. The average Bonchev–Trinajstić information content (AvgIpc) is 2.90. The van der Waals surface area contributed by atoms with Crippen LogP contribution in [0.3, 0.4) is 0 Å². The molecule has 11 nitrogen and oxygen atoms in total. The number of anilines is 1. The molecule has 39 heavy (non-hydrogen) atoms. The predicted octanol–water partition coefficient (Wildman–Crippen LogP) is 3.54. The summed E-state index contributed by atoms with van der Waals surface area (Å²) in [7, 11) is -2.79. The van der Waals surface area contributed by atoms with Gasteiger partial charge in [-0.05, 0) is 38.3 Å². The van der Waals surface area contributed by atoms with E-state index in [1.165, 1.54) is 24.1 Å². The maximum atomic E-state index is 13.8. The Kier molecular flexibility index (Phi) is 9.90. The second-order valence-corrected chi connectivity index (χ2v) is 11.8. The van der Waals surface area contributed by atoms with Crippen LogP contribution in [0.1, 0.15) is 50.2 Å². The first kappa shape index (κ1) is 29.9. The van der Waals surface area contributed by atoms with Gasteiger partial charge in [0.25, 0.3) is 5.69 Å². The molecule has 1 unspecified atom stereocenters. The largest absolute Gasteiger partial charge is 0.495 e. The molecule has 12 heteroatoms. The zero-order chi connectivity index (χ0) is 28.7. The molecule has 1 fully saturated rings. The molecule has 2 aromatic rings. The number of hydrogen-bond donors (Lipinski definition) is 1. The number of carbonyl (C=O) groups excluding carboxylic acids is 2. The minimum Gasteiger partial charge on any atom is -0.495 e. The summed E-state index contributed by atoms with van der Waals surface area (Å²) in [6.07, 6.45) is 5.83. The van der Waals surface area contributed by atoms with E-state index in [0.717, 1.165) is 59.9 Å². The number of aryl methyl sites for hydroxylation is 1. The zero-order valence-corrected chi connectivity index (χ0v) is 23.6. The van der Waals surface area contributed by atoms with Gasteiger partial charge in [0.2, 0.25) is 21.8 Å². The lowest BCUT2D eigenvalue weighted by molar-refractivity contribution is -0.384. The predicted molar refractivity (Wildman–Crippen MR) is 148 cm³/mol. The molecule has 1 N–H and O–H groups in total. The Morgan fingerprint density at radius 1 is 1.13 bits per heavy atom. The van der Waals surface area contributed by atoms with Crippen molar-refractivity contribution in [2.75, 3.05) is 24.2 Å². The van der Waals surface area contributed by atoms with Crippen molar-refractivity contribution >= 4 is 33.2 Å². The van der Waals surface area contributed by atoms with Crippen LogP contribution in [0.25, 0.3) is 0 Å². The van der Waals surface area contributed by atoms with E-state index in [0.29, 0.717) is 0 Å². The Morgan fingerprint density at radius 2 is 1.77 bits per heavy atom. The highest BCUT2D eigenvalue weighted by molar-refractivity contribution is 7.92. The van der Waals surface area contributed by atoms with E-state index in [4.69, 9.17) is 4.74 Å². The quantitative estimate of drug-likeness (QED) is 0.328. The Morgan fingerprint density at radius 3 is 2.33 bits per heavy atom. The third-order valence-electron chi connectivity index (χ3n) is 6.91. The van der Waals surface area contributed by atoms with Crippen LogP contribution in [0.15, 0.2) is 42.5 Å². The van der Waals surface area contributed by atoms with Gasteiger partial charge in [0.1, 0.15) is 24.0 Å². The summed E-state index contributed by atoms with van der Waals surface area (Å²) in [5.41, 5.74) is 1.30. The number of amides is 2. The van der Waals surface area contributed by atoms with Crippen molar-refractivity contribution in [2.24, 2.45) is 0 Å². The number of nitrogens with zero attached hydrogens (tertiary/aromatic N) is 3. The van der Waals surface area contributed by atoms with Crippen LogP contribution < -0.4 is 14.4 Å². The van der Waals surface area contributed by atoms with E-state index in [2.05, 4.69) is 5.32 Å². The molecule has 0 aromatic heterocycles. The molecule has 0 aliphatic heterocycles. The van der Waals surface area contributed by atoms with Crippen LogP contribution >= 0.6 is 0 Å².